The molecule has 0 fully saturated rings. The first-order valence-electron chi connectivity index (χ1n) is 5.85. The van der Waals surface area contributed by atoms with Crippen LogP contribution in [0.3, 0.4) is 0 Å². The number of nitrogens with zero attached hydrogens (tertiary/aromatic N) is 1. The Kier molecular flexibility index (Phi) is 4.47. The van der Waals surface area contributed by atoms with Crippen molar-refractivity contribution in [2.45, 2.75) is 5.09 Å². The lowest BCUT2D eigenvalue weighted by molar-refractivity contribution is -0.115. The lowest BCUT2D eigenvalue weighted by Gasteiger charge is -2.16. The molecule has 6 heteroatoms. The number of hydrogen-bond acceptors (Lipinski definition) is 4. The largest absolute Gasteiger partial charge is 0.475 e. The summed E-state index contributed by atoms with van der Waals surface area (Å²) < 4.78 is 5.07. The predicted octanol–water partition coefficient (Wildman–Crippen LogP) is 2.73. The van der Waals surface area contributed by atoms with E-state index in [4.69, 9.17) is 9.52 Å². The highest BCUT2D eigenvalue weighted by Crippen LogP contribution is 2.22. The van der Waals surface area contributed by atoms with E-state index in [2.05, 4.69) is 0 Å². The number of hydrogen-bond donors (Lipinski definition) is 1. The topological polar surface area (TPSA) is 70.8 Å². The molecule has 1 aromatic carbocycles. The number of carbonyl (C=O) groups excluding carboxylic acids is 1. The molecule has 0 saturated heterocycles. The third kappa shape index (κ3) is 3.42. The normalized spacial score (nSPS) is 10.2. The van der Waals surface area contributed by atoms with Gasteiger partial charge in [-0.3, -0.25) is 4.79 Å². The Morgan fingerprint density at radius 2 is 1.90 bits per heavy atom. The van der Waals surface area contributed by atoms with Crippen LogP contribution < -0.4 is 4.90 Å². The van der Waals surface area contributed by atoms with Crippen LogP contribution in [0, 0.1) is 0 Å². The van der Waals surface area contributed by atoms with Gasteiger partial charge in [0.05, 0.1) is 5.75 Å². The molecule has 2 aromatic rings. The Labute approximate surface area is 120 Å². The molecule has 2 rings (SSSR count). The highest BCUT2D eigenvalue weighted by molar-refractivity contribution is 7.99. The lowest BCUT2D eigenvalue weighted by atomic mass is 10.3. The van der Waals surface area contributed by atoms with Gasteiger partial charge < -0.3 is 14.4 Å². The summed E-state index contributed by atoms with van der Waals surface area (Å²) in [6.45, 7) is 0. The number of carboxylic acids is 1. The predicted molar refractivity (Wildman–Crippen MR) is 76.2 cm³/mol. The number of aromatic carboxylic acids is 1. The maximum atomic E-state index is 12.0. The standard InChI is InChI=1S/C14H13NO4S/c1-15(10-5-3-2-4-6-10)12(16)9-20-13-8-7-11(19-13)14(17)18/h2-8H,9H2,1H3,(H,17,18). The zero-order chi connectivity index (χ0) is 14.5. The molecule has 0 aliphatic heterocycles. The van der Waals surface area contributed by atoms with Gasteiger partial charge in [0, 0.05) is 12.7 Å². The van der Waals surface area contributed by atoms with E-state index in [1.165, 1.54) is 17.8 Å². The van der Waals surface area contributed by atoms with E-state index >= 15 is 0 Å². The molecule has 0 radical (unpaired) electrons. The van der Waals surface area contributed by atoms with E-state index in [-0.39, 0.29) is 17.4 Å². The fourth-order valence-electron chi connectivity index (χ4n) is 1.54. The molecule has 1 N–H and O–H groups in total. The van der Waals surface area contributed by atoms with E-state index in [1.807, 2.05) is 30.3 Å². The zero-order valence-electron chi connectivity index (χ0n) is 10.8. The molecule has 0 unspecified atom stereocenters. The van der Waals surface area contributed by atoms with Crippen LogP contribution >= 0.6 is 11.8 Å². The number of carbonyl (C=O) groups is 2. The van der Waals surface area contributed by atoms with E-state index < -0.39 is 5.97 Å². The minimum atomic E-state index is -1.12. The van der Waals surface area contributed by atoms with Gasteiger partial charge >= 0.3 is 5.97 Å². The third-order valence-electron chi connectivity index (χ3n) is 2.65. The Bertz CT molecular complexity index is 609. The van der Waals surface area contributed by atoms with Crippen molar-refractivity contribution in [3.63, 3.8) is 0 Å². The van der Waals surface area contributed by atoms with Gasteiger partial charge in [0.2, 0.25) is 11.7 Å². The minimum Gasteiger partial charge on any atom is -0.475 e. The maximum Gasteiger partial charge on any atom is 0.371 e. The van der Waals surface area contributed by atoms with Crippen LogP contribution in [0.15, 0.2) is 52.0 Å². The van der Waals surface area contributed by atoms with E-state index in [0.29, 0.717) is 5.09 Å². The molecule has 104 valence electrons. The second kappa shape index (κ2) is 6.29. The van der Waals surface area contributed by atoms with E-state index in [9.17, 15) is 9.59 Å². The molecular formula is C14H13NO4S. The van der Waals surface area contributed by atoms with Gasteiger partial charge in [-0.05, 0) is 24.3 Å². The Morgan fingerprint density at radius 3 is 2.50 bits per heavy atom. The van der Waals surface area contributed by atoms with Crippen LogP contribution in [-0.2, 0) is 4.79 Å². The average Bonchev–Trinajstić information content (AvgIpc) is 2.94. The molecule has 1 amide bonds. The van der Waals surface area contributed by atoms with Crippen molar-refractivity contribution in [1.29, 1.82) is 0 Å². The first-order chi connectivity index (χ1) is 9.58. The smallest absolute Gasteiger partial charge is 0.371 e. The molecule has 1 aromatic heterocycles. The van der Waals surface area contributed by atoms with E-state index in [0.717, 1.165) is 5.69 Å². The molecular weight excluding hydrogens is 278 g/mol. The summed E-state index contributed by atoms with van der Waals surface area (Å²) in [5.74, 6) is -1.16. The molecule has 1 heterocycles. The summed E-state index contributed by atoms with van der Waals surface area (Å²) in [7, 11) is 1.70. The lowest BCUT2D eigenvalue weighted by Crippen LogP contribution is -2.27. The number of rotatable bonds is 5. The summed E-state index contributed by atoms with van der Waals surface area (Å²) in [5, 5.41) is 9.15. The average molecular weight is 291 g/mol. The third-order valence-corrected chi connectivity index (χ3v) is 3.54. The molecule has 0 bridgehead atoms. The van der Waals surface area contributed by atoms with Crippen LogP contribution in [0.2, 0.25) is 0 Å². The molecule has 0 atom stereocenters. The van der Waals surface area contributed by atoms with Gasteiger partial charge in [-0.2, -0.15) is 0 Å². The minimum absolute atomic E-state index is 0.0884. The second-order valence-corrected chi connectivity index (χ2v) is 4.98. The number of carboxylic acid groups (broad SMARTS) is 1. The molecule has 0 aliphatic rings. The molecule has 5 nitrogen and oxygen atoms in total. The molecule has 20 heavy (non-hydrogen) atoms. The van der Waals surface area contributed by atoms with Gasteiger partial charge in [0.15, 0.2) is 5.09 Å². The summed E-state index contributed by atoms with van der Waals surface area (Å²) in [4.78, 5) is 24.2. The van der Waals surface area contributed by atoms with Crippen LogP contribution in [0.4, 0.5) is 5.69 Å². The number of anilines is 1. The first kappa shape index (κ1) is 14.2. The molecule has 0 saturated carbocycles. The van der Waals surface area contributed by atoms with Crippen molar-refractivity contribution in [3.8, 4) is 0 Å². The van der Waals surface area contributed by atoms with Gasteiger partial charge in [-0.1, -0.05) is 30.0 Å². The van der Waals surface area contributed by atoms with Crippen molar-refractivity contribution in [1.82, 2.24) is 0 Å². The van der Waals surface area contributed by atoms with Gasteiger partial charge in [0.1, 0.15) is 0 Å². The Morgan fingerprint density at radius 1 is 1.20 bits per heavy atom. The van der Waals surface area contributed by atoms with Crippen molar-refractivity contribution in [2.75, 3.05) is 17.7 Å². The summed E-state index contributed by atoms with van der Waals surface area (Å²) in [6, 6.07) is 12.2. The SMILES string of the molecule is CN(C(=O)CSc1ccc(C(=O)O)o1)c1ccccc1. The number of benzene rings is 1. The molecule has 0 spiro atoms. The Balaban J connectivity index is 1.93. The summed E-state index contributed by atoms with van der Waals surface area (Å²) in [5.41, 5.74) is 0.809. The highest BCUT2D eigenvalue weighted by atomic mass is 32.2. The van der Waals surface area contributed by atoms with Crippen LogP contribution in [0.25, 0.3) is 0 Å². The van der Waals surface area contributed by atoms with Gasteiger partial charge in [-0.25, -0.2) is 4.79 Å². The fourth-order valence-corrected chi connectivity index (χ4v) is 2.31. The monoisotopic (exact) mass is 291 g/mol. The maximum absolute atomic E-state index is 12.0. The van der Waals surface area contributed by atoms with Crippen LogP contribution in [0.5, 0.6) is 0 Å². The van der Waals surface area contributed by atoms with Crippen LogP contribution in [0.1, 0.15) is 10.6 Å². The summed E-state index contributed by atoms with van der Waals surface area (Å²) in [6.07, 6.45) is 0. The fraction of sp³-hybridized carbons (Fsp3) is 0.143. The van der Waals surface area contributed by atoms with Crippen molar-refractivity contribution < 1.29 is 19.1 Å². The second-order valence-electron chi connectivity index (χ2n) is 4.00. The highest BCUT2D eigenvalue weighted by Gasteiger charge is 2.14. The van der Waals surface area contributed by atoms with Crippen LogP contribution in [-0.4, -0.2) is 29.8 Å². The molecule has 0 aliphatic carbocycles. The van der Waals surface area contributed by atoms with Crippen molar-refractivity contribution >= 4 is 29.3 Å². The number of para-hydroxylation sites is 1. The number of furan rings is 1. The number of amides is 1. The van der Waals surface area contributed by atoms with Gasteiger partial charge in [-0.15, -0.1) is 0 Å². The van der Waals surface area contributed by atoms with E-state index in [1.54, 1.807) is 18.0 Å². The van der Waals surface area contributed by atoms with Gasteiger partial charge in [0.25, 0.3) is 0 Å². The Hall–Kier alpha value is -2.21. The zero-order valence-corrected chi connectivity index (χ0v) is 11.6. The summed E-state index contributed by atoms with van der Waals surface area (Å²) >= 11 is 1.17. The first-order valence-corrected chi connectivity index (χ1v) is 6.84. The number of thioether (sulfide) groups is 1. The van der Waals surface area contributed by atoms with Crippen molar-refractivity contribution in [2.24, 2.45) is 0 Å². The quantitative estimate of drug-likeness (QED) is 0.858. The van der Waals surface area contributed by atoms with Crippen molar-refractivity contribution in [3.05, 3.63) is 48.2 Å².